The molecule has 23 heavy (non-hydrogen) atoms. The van der Waals surface area contributed by atoms with Gasteiger partial charge >= 0.3 is 0 Å². The average molecular weight is 336 g/mol. The van der Waals surface area contributed by atoms with Crippen LogP contribution in [-0.4, -0.2) is 43.4 Å². The fraction of sp³-hybridized carbons (Fsp3) is 0.500. The minimum Gasteiger partial charge on any atom is -0.497 e. The zero-order valence-corrected chi connectivity index (χ0v) is 14.1. The lowest BCUT2D eigenvalue weighted by atomic mass is 10.0. The first kappa shape index (κ1) is 16.1. The van der Waals surface area contributed by atoms with Crippen LogP contribution in [0.3, 0.4) is 0 Å². The highest BCUT2D eigenvalue weighted by molar-refractivity contribution is 7.99. The fourth-order valence-corrected chi connectivity index (χ4v) is 3.37. The fourth-order valence-electron chi connectivity index (χ4n) is 2.42. The van der Waals surface area contributed by atoms with Crippen molar-refractivity contribution >= 4 is 11.8 Å². The molecule has 2 aromatic rings. The predicted molar refractivity (Wildman–Crippen MR) is 87.1 cm³/mol. The molecule has 0 spiro atoms. The van der Waals surface area contributed by atoms with E-state index in [4.69, 9.17) is 18.6 Å². The van der Waals surface area contributed by atoms with Crippen LogP contribution in [0, 0.1) is 5.92 Å². The minimum atomic E-state index is 0.469. The van der Waals surface area contributed by atoms with E-state index in [0.717, 1.165) is 37.4 Å². The molecule has 1 aliphatic heterocycles. The lowest BCUT2D eigenvalue weighted by Crippen LogP contribution is -2.17. The molecule has 0 unspecified atom stereocenters. The first-order valence-corrected chi connectivity index (χ1v) is 8.54. The van der Waals surface area contributed by atoms with Gasteiger partial charge in [0.1, 0.15) is 11.5 Å². The maximum Gasteiger partial charge on any atom is 0.276 e. The molecule has 6 nitrogen and oxygen atoms in total. The lowest BCUT2D eigenvalue weighted by Gasteiger charge is -2.20. The third-order valence-corrected chi connectivity index (χ3v) is 4.84. The predicted octanol–water partition coefficient (Wildman–Crippen LogP) is 3.27. The first-order chi connectivity index (χ1) is 11.3. The standard InChI is InChI=1S/C16H20N2O4S/c1-19-13-7-12(8-14(9-13)20-2)15-17-18-16(22-15)23-10-11-3-5-21-6-4-11/h7-9,11H,3-6,10H2,1-2H3. The lowest BCUT2D eigenvalue weighted by molar-refractivity contribution is 0.0727. The van der Waals surface area contributed by atoms with Crippen molar-refractivity contribution in [1.82, 2.24) is 10.2 Å². The average Bonchev–Trinajstić information content (AvgIpc) is 3.09. The molecular formula is C16H20N2O4S. The Morgan fingerprint density at radius 1 is 1.09 bits per heavy atom. The highest BCUT2D eigenvalue weighted by atomic mass is 32.2. The molecule has 0 N–H and O–H groups in total. The Balaban J connectivity index is 1.68. The molecule has 3 rings (SSSR count). The molecule has 0 aliphatic carbocycles. The number of benzene rings is 1. The van der Waals surface area contributed by atoms with E-state index in [1.54, 1.807) is 32.0 Å². The van der Waals surface area contributed by atoms with E-state index in [9.17, 15) is 0 Å². The summed E-state index contributed by atoms with van der Waals surface area (Å²) in [5.74, 6) is 3.48. The monoisotopic (exact) mass is 336 g/mol. The number of hydrogen-bond acceptors (Lipinski definition) is 7. The Labute approximate surface area is 139 Å². The summed E-state index contributed by atoms with van der Waals surface area (Å²) in [6.45, 7) is 1.70. The number of aromatic nitrogens is 2. The summed E-state index contributed by atoms with van der Waals surface area (Å²) in [4.78, 5) is 0. The number of thioether (sulfide) groups is 1. The molecule has 1 saturated heterocycles. The largest absolute Gasteiger partial charge is 0.497 e. The second-order valence-electron chi connectivity index (χ2n) is 5.34. The zero-order valence-electron chi connectivity index (χ0n) is 13.3. The van der Waals surface area contributed by atoms with Crippen LogP contribution in [0.15, 0.2) is 27.8 Å². The number of rotatable bonds is 6. The summed E-state index contributed by atoms with van der Waals surface area (Å²) in [6, 6.07) is 5.51. The first-order valence-electron chi connectivity index (χ1n) is 7.56. The summed E-state index contributed by atoms with van der Waals surface area (Å²) in [6.07, 6.45) is 2.20. The van der Waals surface area contributed by atoms with Gasteiger partial charge in [-0.3, -0.25) is 0 Å². The molecule has 124 valence electrons. The van der Waals surface area contributed by atoms with Crippen molar-refractivity contribution in [3.05, 3.63) is 18.2 Å². The summed E-state index contributed by atoms with van der Waals surface area (Å²) in [5.41, 5.74) is 0.784. The molecule has 1 aliphatic rings. The van der Waals surface area contributed by atoms with Crippen molar-refractivity contribution in [3.63, 3.8) is 0 Å². The molecule has 1 aromatic heterocycles. The molecule has 0 atom stereocenters. The second kappa shape index (κ2) is 7.70. The van der Waals surface area contributed by atoms with Crippen molar-refractivity contribution in [3.8, 4) is 23.0 Å². The van der Waals surface area contributed by atoms with Crippen LogP contribution >= 0.6 is 11.8 Å². The van der Waals surface area contributed by atoms with E-state index in [2.05, 4.69) is 10.2 Å². The van der Waals surface area contributed by atoms with Gasteiger partial charge in [0.25, 0.3) is 5.22 Å². The van der Waals surface area contributed by atoms with E-state index < -0.39 is 0 Å². The molecule has 7 heteroatoms. The highest BCUT2D eigenvalue weighted by Gasteiger charge is 2.17. The Morgan fingerprint density at radius 3 is 2.43 bits per heavy atom. The Hall–Kier alpha value is -1.73. The van der Waals surface area contributed by atoms with Crippen LogP contribution in [0.25, 0.3) is 11.5 Å². The van der Waals surface area contributed by atoms with Crippen LogP contribution in [0.1, 0.15) is 12.8 Å². The summed E-state index contributed by atoms with van der Waals surface area (Å²) >= 11 is 1.60. The van der Waals surface area contributed by atoms with Crippen molar-refractivity contribution in [2.24, 2.45) is 5.92 Å². The topological polar surface area (TPSA) is 66.6 Å². The van der Waals surface area contributed by atoms with Crippen molar-refractivity contribution in [1.29, 1.82) is 0 Å². The van der Waals surface area contributed by atoms with Crippen LogP contribution in [0.4, 0.5) is 0 Å². The second-order valence-corrected chi connectivity index (χ2v) is 6.31. The van der Waals surface area contributed by atoms with Gasteiger partial charge in [-0.2, -0.15) is 0 Å². The minimum absolute atomic E-state index is 0.469. The van der Waals surface area contributed by atoms with Gasteiger partial charge in [-0.1, -0.05) is 11.8 Å². The van der Waals surface area contributed by atoms with Crippen molar-refractivity contribution in [2.75, 3.05) is 33.2 Å². The van der Waals surface area contributed by atoms with Crippen LogP contribution in [0.2, 0.25) is 0 Å². The van der Waals surface area contributed by atoms with Gasteiger partial charge in [0, 0.05) is 30.6 Å². The SMILES string of the molecule is COc1cc(OC)cc(-c2nnc(SCC3CCOCC3)o2)c1. The highest BCUT2D eigenvalue weighted by Crippen LogP contribution is 2.31. The summed E-state index contributed by atoms with van der Waals surface area (Å²) in [7, 11) is 3.23. The molecule has 1 fully saturated rings. The van der Waals surface area contributed by atoms with Gasteiger partial charge in [0.15, 0.2) is 0 Å². The molecule has 0 amide bonds. The molecule has 0 bridgehead atoms. The van der Waals surface area contributed by atoms with Crippen molar-refractivity contribution in [2.45, 2.75) is 18.1 Å². The van der Waals surface area contributed by atoms with Crippen LogP contribution in [-0.2, 0) is 4.74 Å². The quantitative estimate of drug-likeness (QED) is 0.750. The smallest absolute Gasteiger partial charge is 0.276 e. The summed E-state index contributed by atoms with van der Waals surface area (Å²) in [5, 5.41) is 8.84. The normalized spacial score (nSPS) is 15.6. The molecule has 0 radical (unpaired) electrons. The zero-order chi connectivity index (χ0) is 16.1. The van der Waals surface area contributed by atoms with E-state index >= 15 is 0 Å². The molecule has 0 saturated carbocycles. The third kappa shape index (κ3) is 4.17. The van der Waals surface area contributed by atoms with Gasteiger partial charge < -0.3 is 18.6 Å². The van der Waals surface area contributed by atoms with E-state index in [-0.39, 0.29) is 0 Å². The maximum absolute atomic E-state index is 5.76. The van der Waals surface area contributed by atoms with Gasteiger partial charge in [0.2, 0.25) is 5.89 Å². The van der Waals surface area contributed by atoms with Gasteiger partial charge in [-0.15, -0.1) is 10.2 Å². The molecular weight excluding hydrogens is 316 g/mol. The third-order valence-electron chi connectivity index (χ3n) is 3.79. The Bertz CT molecular complexity index is 619. The van der Waals surface area contributed by atoms with Gasteiger partial charge in [-0.05, 0) is 30.9 Å². The van der Waals surface area contributed by atoms with E-state index in [1.807, 2.05) is 12.1 Å². The molecule has 1 aromatic carbocycles. The number of nitrogens with zero attached hydrogens (tertiary/aromatic N) is 2. The summed E-state index contributed by atoms with van der Waals surface area (Å²) < 4.78 is 21.7. The molecule has 2 heterocycles. The van der Waals surface area contributed by atoms with Gasteiger partial charge in [-0.25, -0.2) is 0 Å². The Kier molecular flexibility index (Phi) is 5.40. The number of ether oxygens (including phenoxy) is 3. The van der Waals surface area contributed by atoms with Crippen molar-refractivity contribution < 1.29 is 18.6 Å². The maximum atomic E-state index is 5.76. The van der Waals surface area contributed by atoms with Gasteiger partial charge in [0.05, 0.1) is 14.2 Å². The van der Waals surface area contributed by atoms with Crippen LogP contribution in [0.5, 0.6) is 11.5 Å². The van der Waals surface area contributed by atoms with Crippen LogP contribution < -0.4 is 9.47 Å². The van der Waals surface area contributed by atoms with E-state index in [0.29, 0.717) is 28.5 Å². The Morgan fingerprint density at radius 2 is 1.78 bits per heavy atom. The number of methoxy groups -OCH3 is 2. The number of hydrogen-bond donors (Lipinski definition) is 0. The van der Waals surface area contributed by atoms with E-state index in [1.165, 1.54) is 0 Å².